The lowest BCUT2D eigenvalue weighted by Crippen LogP contribution is -2.52. The van der Waals surface area contributed by atoms with Gasteiger partial charge in [-0.1, -0.05) is 25.7 Å². The number of nitrogens with one attached hydrogen (secondary N) is 2. The van der Waals surface area contributed by atoms with Gasteiger partial charge in [0.2, 0.25) is 5.91 Å². The standard InChI is InChI=1S/C17H29F3N4O.HI/c1-21-15(22-11-14(25)23-12-17(18,19)20)24-10-6-9-16(13-24)7-4-2-3-5-8-16;/h2-13H2,1H3,(H,21,22)(H,23,25);1H. The average Bonchev–Trinajstić information content (AvgIpc) is 2.78. The zero-order valence-electron chi connectivity index (χ0n) is 15.3. The summed E-state index contributed by atoms with van der Waals surface area (Å²) in [6, 6.07) is 0. The number of guanidine groups is 1. The van der Waals surface area contributed by atoms with Crippen LogP contribution >= 0.6 is 24.0 Å². The number of piperidine rings is 1. The van der Waals surface area contributed by atoms with Crippen LogP contribution < -0.4 is 10.6 Å². The Labute approximate surface area is 170 Å². The lowest BCUT2D eigenvalue weighted by Gasteiger charge is -2.44. The summed E-state index contributed by atoms with van der Waals surface area (Å²) in [6.45, 7) is 0.271. The smallest absolute Gasteiger partial charge is 0.347 e. The van der Waals surface area contributed by atoms with E-state index in [9.17, 15) is 18.0 Å². The van der Waals surface area contributed by atoms with Crippen LogP contribution in [0, 0.1) is 5.41 Å². The third kappa shape index (κ3) is 7.48. The van der Waals surface area contributed by atoms with E-state index in [1.807, 2.05) is 5.32 Å². The van der Waals surface area contributed by atoms with E-state index in [2.05, 4.69) is 15.2 Å². The summed E-state index contributed by atoms with van der Waals surface area (Å²) >= 11 is 0. The van der Waals surface area contributed by atoms with Crippen LogP contribution in [0.25, 0.3) is 0 Å². The van der Waals surface area contributed by atoms with Crippen molar-refractivity contribution in [1.29, 1.82) is 0 Å². The summed E-state index contributed by atoms with van der Waals surface area (Å²) in [5.74, 6) is -0.0786. The molecule has 26 heavy (non-hydrogen) atoms. The van der Waals surface area contributed by atoms with E-state index in [-0.39, 0.29) is 30.5 Å². The molecule has 0 radical (unpaired) electrons. The van der Waals surface area contributed by atoms with Crippen LogP contribution in [0.1, 0.15) is 51.4 Å². The molecule has 2 rings (SSSR count). The predicted octanol–water partition coefficient (Wildman–Crippen LogP) is 3.29. The zero-order valence-corrected chi connectivity index (χ0v) is 17.7. The molecule has 0 unspecified atom stereocenters. The minimum absolute atomic E-state index is 0. The Balaban J connectivity index is 0.00000338. The van der Waals surface area contributed by atoms with E-state index in [4.69, 9.17) is 0 Å². The van der Waals surface area contributed by atoms with Gasteiger partial charge in [0.1, 0.15) is 6.54 Å². The molecule has 0 atom stereocenters. The van der Waals surface area contributed by atoms with Crippen LogP contribution in [-0.2, 0) is 4.79 Å². The lowest BCUT2D eigenvalue weighted by molar-refractivity contribution is -0.137. The maximum atomic E-state index is 12.1. The molecule has 1 aliphatic carbocycles. The summed E-state index contributed by atoms with van der Waals surface area (Å²) in [5.41, 5.74) is 0.324. The molecule has 0 bridgehead atoms. The van der Waals surface area contributed by atoms with Crippen LogP contribution in [0.3, 0.4) is 0 Å². The number of likely N-dealkylation sites (tertiary alicyclic amines) is 1. The molecule has 2 N–H and O–H groups in total. The minimum atomic E-state index is -4.39. The van der Waals surface area contributed by atoms with E-state index in [1.165, 1.54) is 44.9 Å². The summed E-state index contributed by atoms with van der Waals surface area (Å²) in [7, 11) is 1.64. The van der Waals surface area contributed by atoms with Gasteiger partial charge in [0.25, 0.3) is 0 Å². The van der Waals surface area contributed by atoms with Gasteiger partial charge in [-0.2, -0.15) is 13.2 Å². The molecule has 0 aromatic rings. The highest BCUT2D eigenvalue weighted by Crippen LogP contribution is 2.42. The quantitative estimate of drug-likeness (QED) is 0.363. The number of carbonyl (C=O) groups excluding carboxylic acids is 1. The highest BCUT2D eigenvalue weighted by atomic mass is 127. The Morgan fingerprint density at radius 2 is 1.69 bits per heavy atom. The molecule has 9 heteroatoms. The maximum absolute atomic E-state index is 12.1. The van der Waals surface area contributed by atoms with Gasteiger partial charge < -0.3 is 15.5 Å². The van der Waals surface area contributed by atoms with E-state index in [0.29, 0.717) is 11.4 Å². The van der Waals surface area contributed by atoms with Crippen molar-refractivity contribution in [3.63, 3.8) is 0 Å². The summed E-state index contributed by atoms with van der Waals surface area (Å²) in [5, 5.41) is 4.78. The number of carbonyl (C=O) groups is 1. The first-order valence-corrected chi connectivity index (χ1v) is 9.13. The highest BCUT2D eigenvalue weighted by Gasteiger charge is 2.36. The predicted molar refractivity (Wildman–Crippen MR) is 107 cm³/mol. The second kappa shape index (κ2) is 10.6. The molecule has 5 nitrogen and oxygen atoms in total. The summed E-state index contributed by atoms with van der Waals surface area (Å²) < 4.78 is 36.4. The number of alkyl halides is 3. The Hall–Kier alpha value is -0.740. The molecule has 1 saturated heterocycles. The number of halogens is 4. The molecule has 1 spiro atoms. The fourth-order valence-electron chi connectivity index (χ4n) is 4.03. The van der Waals surface area contributed by atoms with Gasteiger partial charge in [0.05, 0.1) is 6.54 Å². The Bertz CT molecular complexity index is 477. The van der Waals surface area contributed by atoms with Crippen LogP contribution in [0.5, 0.6) is 0 Å². The third-order valence-electron chi connectivity index (χ3n) is 5.23. The second-order valence-corrected chi connectivity index (χ2v) is 7.23. The monoisotopic (exact) mass is 490 g/mol. The largest absolute Gasteiger partial charge is 0.405 e. The van der Waals surface area contributed by atoms with Gasteiger partial charge in [-0.15, -0.1) is 24.0 Å². The lowest BCUT2D eigenvalue weighted by atomic mass is 9.74. The molecule has 2 fully saturated rings. The van der Waals surface area contributed by atoms with Crippen molar-refractivity contribution < 1.29 is 18.0 Å². The fraction of sp³-hybridized carbons (Fsp3) is 0.882. The average molecular weight is 490 g/mol. The molecule has 0 aromatic heterocycles. The number of nitrogens with zero attached hydrogens (tertiary/aromatic N) is 2. The van der Waals surface area contributed by atoms with E-state index < -0.39 is 18.6 Å². The van der Waals surface area contributed by atoms with Crippen molar-refractivity contribution in [1.82, 2.24) is 15.5 Å². The molecular weight excluding hydrogens is 460 g/mol. The van der Waals surface area contributed by atoms with Crippen molar-refractivity contribution in [3.8, 4) is 0 Å². The fourth-order valence-corrected chi connectivity index (χ4v) is 4.03. The topological polar surface area (TPSA) is 56.7 Å². The minimum Gasteiger partial charge on any atom is -0.347 e. The first kappa shape index (κ1) is 23.3. The van der Waals surface area contributed by atoms with Gasteiger partial charge in [-0.05, 0) is 31.1 Å². The van der Waals surface area contributed by atoms with Crippen LogP contribution in [-0.4, -0.2) is 56.2 Å². The molecule has 0 aromatic carbocycles. The van der Waals surface area contributed by atoms with Gasteiger partial charge in [0, 0.05) is 20.1 Å². The summed E-state index contributed by atoms with van der Waals surface area (Å²) in [4.78, 5) is 18.0. The van der Waals surface area contributed by atoms with E-state index in [0.717, 1.165) is 19.5 Å². The van der Waals surface area contributed by atoms with Crippen LogP contribution in [0.4, 0.5) is 13.2 Å². The van der Waals surface area contributed by atoms with Gasteiger partial charge in [-0.25, -0.2) is 0 Å². The highest BCUT2D eigenvalue weighted by molar-refractivity contribution is 14.0. The molecule has 1 saturated carbocycles. The van der Waals surface area contributed by atoms with Crippen molar-refractivity contribution >= 4 is 35.8 Å². The van der Waals surface area contributed by atoms with E-state index in [1.54, 1.807) is 7.05 Å². The number of aliphatic imine (C=N–C) groups is 1. The van der Waals surface area contributed by atoms with Gasteiger partial charge >= 0.3 is 6.18 Å². The Morgan fingerprint density at radius 1 is 1.08 bits per heavy atom. The number of rotatable bonds is 3. The van der Waals surface area contributed by atoms with Crippen molar-refractivity contribution in [2.45, 2.75) is 57.5 Å². The zero-order chi connectivity index (χ0) is 18.3. The van der Waals surface area contributed by atoms with Crippen LogP contribution in [0.2, 0.25) is 0 Å². The SMILES string of the molecule is CN=C(NCC(=O)NCC(F)(F)F)N1CCCC2(CCCCCC2)C1.I. The second-order valence-electron chi connectivity index (χ2n) is 7.23. The number of hydrogen-bond donors (Lipinski definition) is 2. The Morgan fingerprint density at radius 3 is 2.27 bits per heavy atom. The summed E-state index contributed by atoms with van der Waals surface area (Å²) in [6.07, 6.45) is 5.50. The molecule has 1 aliphatic heterocycles. The van der Waals surface area contributed by atoms with E-state index >= 15 is 0 Å². The first-order chi connectivity index (χ1) is 11.8. The molecule has 152 valence electrons. The normalized spacial score (nSPS) is 20.9. The molecule has 1 amide bonds. The number of amides is 1. The molecule has 2 aliphatic rings. The maximum Gasteiger partial charge on any atom is 0.405 e. The molecular formula is C17H30F3IN4O. The Kier molecular flexibility index (Phi) is 9.46. The van der Waals surface area contributed by atoms with Crippen molar-refractivity contribution in [3.05, 3.63) is 0 Å². The van der Waals surface area contributed by atoms with Crippen molar-refractivity contribution in [2.75, 3.05) is 33.2 Å². The number of hydrogen-bond acceptors (Lipinski definition) is 2. The van der Waals surface area contributed by atoms with Crippen LogP contribution in [0.15, 0.2) is 4.99 Å². The van der Waals surface area contributed by atoms with Crippen molar-refractivity contribution in [2.24, 2.45) is 10.4 Å². The van der Waals surface area contributed by atoms with Gasteiger partial charge in [-0.3, -0.25) is 9.79 Å². The first-order valence-electron chi connectivity index (χ1n) is 9.13. The third-order valence-corrected chi connectivity index (χ3v) is 5.23. The van der Waals surface area contributed by atoms with Gasteiger partial charge in [0.15, 0.2) is 5.96 Å². The molecule has 1 heterocycles.